The number of nitrogens with zero attached hydrogens (tertiary/aromatic N) is 2. The molecule has 2 aromatic rings. The molecule has 0 fully saturated rings. The molecular formula is C16H18N4O2. The Balaban J connectivity index is 2.12. The van der Waals surface area contributed by atoms with Crippen molar-refractivity contribution in [3.05, 3.63) is 47.8 Å². The van der Waals surface area contributed by atoms with Crippen LogP contribution in [0, 0.1) is 0 Å². The molecule has 0 atom stereocenters. The summed E-state index contributed by atoms with van der Waals surface area (Å²) in [4.78, 5) is 31.8. The van der Waals surface area contributed by atoms with Crippen molar-refractivity contribution in [3.8, 4) is 0 Å². The van der Waals surface area contributed by atoms with E-state index in [-0.39, 0.29) is 17.4 Å². The first-order chi connectivity index (χ1) is 10.6. The van der Waals surface area contributed by atoms with Crippen LogP contribution in [-0.2, 0) is 0 Å². The van der Waals surface area contributed by atoms with Gasteiger partial charge in [0, 0.05) is 24.0 Å². The number of hydrogen-bond acceptors (Lipinski definition) is 5. The summed E-state index contributed by atoms with van der Waals surface area (Å²) in [5, 5.41) is 5.76. The van der Waals surface area contributed by atoms with Crippen LogP contribution in [0.5, 0.6) is 0 Å². The number of carbonyl (C=O) groups is 2. The maximum Gasteiger partial charge on any atom is 0.274 e. The molecule has 0 aliphatic rings. The van der Waals surface area contributed by atoms with Gasteiger partial charge in [-0.25, -0.2) is 9.97 Å². The van der Waals surface area contributed by atoms with Gasteiger partial charge >= 0.3 is 0 Å². The minimum atomic E-state index is -0.345. The van der Waals surface area contributed by atoms with Gasteiger partial charge in [0.05, 0.1) is 0 Å². The van der Waals surface area contributed by atoms with Crippen molar-refractivity contribution >= 4 is 23.3 Å². The number of ketones is 1. The highest BCUT2D eigenvalue weighted by atomic mass is 16.2. The van der Waals surface area contributed by atoms with Crippen molar-refractivity contribution in [3.63, 3.8) is 0 Å². The highest BCUT2D eigenvalue weighted by Crippen LogP contribution is 2.12. The van der Waals surface area contributed by atoms with Crippen LogP contribution in [0.1, 0.15) is 41.1 Å². The molecule has 0 saturated heterocycles. The third-order valence-corrected chi connectivity index (χ3v) is 2.95. The first kappa shape index (κ1) is 15.6. The Labute approximate surface area is 129 Å². The van der Waals surface area contributed by atoms with Crippen molar-refractivity contribution in [2.75, 3.05) is 17.2 Å². The summed E-state index contributed by atoms with van der Waals surface area (Å²) in [7, 11) is 0. The summed E-state index contributed by atoms with van der Waals surface area (Å²) in [6.45, 7) is 4.26. The average molecular weight is 298 g/mol. The maximum atomic E-state index is 12.2. The minimum absolute atomic E-state index is 0.0517. The van der Waals surface area contributed by atoms with Gasteiger partial charge in [-0.2, -0.15) is 0 Å². The second kappa shape index (κ2) is 7.31. The molecule has 0 saturated carbocycles. The van der Waals surface area contributed by atoms with Crippen molar-refractivity contribution < 1.29 is 9.59 Å². The van der Waals surface area contributed by atoms with Gasteiger partial charge in [-0.1, -0.05) is 19.1 Å². The van der Waals surface area contributed by atoms with Crippen molar-refractivity contribution in [1.82, 2.24) is 9.97 Å². The van der Waals surface area contributed by atoms with Gasteiger partial charge < -0.3 is 10.6 Å². The van der Waals surface area contributed by atoms with Crippen LogP contribution in [-0.4, -0.2) is 28.2 Å². The number of nitrogens with one attached hydrogen (secondary N) is 2. The molecule has 2 rings (SSSR count). The van der Waals surface area contributed by atoms with Gasteiger partial charge in [0.25, 0.3) is 5.91 Å². The first-order valence-electron chi connectivity index (χ1n) is 7.09. The molecular weight excluding hydrogens is 280 g/mol. The third kappa shape index (κ3) is 4.12. The van der Waals surface area contributed by atoms with E-state index in [1.54, 1.807) is 30.3 Å². The number of rotatable bonds is 6. The van der Waals surface area contributed by atoms with Crippen LogP contribution in [0.15, 0.2) is 36.5 Å². The largest absolute Gasteiger partial charge is 0.354 e. The SMILES string of the molecule is CCCNc1nccc(C(=O)Nc2cccc(C(C)=O)c2)n1. The van der Waals surface area contributed by atoms with Crippen molar-refractivity contribution in [1.29, 1.82) is 0 Å². The van der Waals surface area contributed by atoms with E-state index in [0.717, 1.165) is 13.0 Å². The van der Waals surface area contributed by atoms with Gasteiger partial charge in [-0.15, -0.1) is 0 Å². The van der Waals surface area contributed by atoms with E-state index in [4.69, 9.17) is 0 Å². The molecule has 2 N–H and O–H groups in total. The predicted octanol–water partition coefficient (Wildman–Crippen LogP) is 2.75. The zero-order valence-electron chi connectivity index (χ0n) is 12.6. The van der Waals surface area contributed by atoms with Crippen LogP contribution in [0.25, 0.3) is 0 Å². The summed E-state index contributed by atoms with van der Waals surface area (Å²) in [5.41, 5.74) is 1.37. The zero-order chi connectivity index (χ0) is 15.9. The molecule has 22 heavy (non-hydrogen) atoms. The monoisotopic (exact) mass is 298 g/mol. The summed E-state index contributed by atoms with van der Waals surface area (Å²) in [6, 6.07) is 8.33. The Morgan fingerprint density at radius 1 is 1.23 bits per heavy atom. The lowest BCUT2D eigenvalue weighted by Crippen LogP contribution is -2.15. The molecule has 0 aliphatic carbocycles. The number of anilines is 2. The Bertz CT molecular complexity index is 685. The normalized spacial score (nSPS) is 10.1. The molecule has 6 nitrogen and oxygen atoms in total. The van der Waals surface area contributed by atoms with Crippen LogP contribution in [0.2, 0.25) is 0 Å². The first-order valence-corrected chi connectivity index (χ1v) is 7.09. The van der Waals surface area contributed by atoms with E-state index in [0.29, 0.717) is 17.2 Å². The van der Waals surface area contributed by atoms with Crippen LogP contribution < -0.4 is 10.6 Å². The fourth-order valence-electron chi connectivity index (χ4n) is 1.82. The van der Waals surface area contributed by atoms with E-state index in [9.17, 15) is 9.59 Å². The topological polar surface area (TPSA) is 84.0 Å². The second-order valence-electron chi connectivity index (χ2n) is 4.78. The molecule has 1 heterocycles. The predicted molar refractivity (Wildman–Crippen MR) is 85.2 cm³/mol. The van der Waals surface area contributed by atoms with E-state index in [2.05, 4.69) is 20.6 Å². The van der Waals surface area contributed by atoms with Crippen LogP contribution >= 0.6 is 0 Å². The molecule has 0 aliphatic heterocycles. The number of hydrogen-bond donors (Lipinski definition) is 2. The molecule has 1 aromatic carbocycles. The fourth-order valence-corrected chi connectivity index (χ4v) is 1.82. The molecule has 1 amide bonds. The number of aromatic nitrogens is 2. The quantitative estimate of drug-likeness (QED) is 0.801. The highest BCUT2D eigenvalue weighted by molar-refractivity contribution is 6.04. The van der Waals surface area contributed by atoms with Gasteiger partial charge in [0.2, 0.25) is 5.95 Å². The van der Waals surface area contributed by atoms with Crippen LogP contribution in [0.4, 0.5) is 11.6 Å². The number of amides is 1. The zero-order valence-corrected chi connectivity index (χ0v) is 12.6. The lowest BCUT2D eigenvalue weighted by Gasteiger charge is -2.07. The molecule has 0 bridgehead atoms. The molecule has 0 radical (unpaired) electrons. The van der Waals surface area contributed by atoms with Gasteiger partial charge in [0.1, 0.15) is 5.69 Å². The lowest BCUT2D eigenvalue weighted by atomic mass is 10.1. The van der Waals surface area contributed by atoms with Crippen LogP contribution in [0.3, 0.4) is 0 Å². The lowest BCUT2D eigenvalue weighted by molar-refractivity contribution is 0.100. The van der Waals surface area contributed by atoms with Gasteiger partial charge in [-0.05, 0) is 31.5 Å². The Morgan fingerprint density at radius 2 is 2.05 bits per heavy atom. The van der Waals surface area contributed by atoms with Crippen molar-refractivity contribution in [2.45, 2.75) is 20.3 Å². The summed E-state index contributed by atoms with van der Waals surface area (Å²) in [6.07, 6.45) is 2.48. The highest BCUT2D eigenvalue weighted by Gasteiger charge is 2.10. The second-order valence-corrected chi connectivity index (χ2v) is 4.78. The van der Waals surface area contributed by atoms with Gasteiger partial charge in [-0.3, -0.25) is 9.59 Å². The third-order valence-electron chi connectivity index (χ3n) is 2.95. The Morgan fingerprint density at radius 3 is 2.77 bits per heavy atom. The smallest absolute Gasteiger partial charge is 0.274 e. The Kier molecular flexibility index (Phi) is 5.19. The number of carbonyl (C=O) groups excluding carboxylic acids is 2. The molecule has 6 heteroatoms. The van der Waals surface area contributed by atoms with Crippen molar-refractivity contribution in [2.24, 2.45) is 0 Å². The number of benzene rings is 1. The van der Waals surface area contributed by atoms with E-state index >= 15 is 0 Å². The maximum absolute atomic E-state index is 12.2. The van der Waals surface area contributed by atoms with Gasteiger partial charge in [0.15, 0.2) is 5.78 Å². The molecule has 114 valence electrons. The molecule has 0 spiro atoms. The fraction of sp³-hybridized carbons (Fsp3) is 0.250. The number of Topliss-reactive ketones (excluding diaryl/α,β-unsaturated/α-hetero) is 1. The summed E-state index contributed by atoms with van der Waals surface area (Å²) < 4.78 is 0. The summed E-state index contributed by atoms with van der Waals surface area (Å²) in [5.74, 6) is 0.0267. The standard InChI is InChI=1S/C16H18N4O2/c1-3-8-17-16-18-9-7-14(20-16)15(22)19-13-6-4-5-12(10-13)11(2)21/h4-7,9-10H,3,8H2,1-2H3,(H,19,22)(H,17,18,20). The van der Waals surface area contributed by atoms with E-state index < -0.39 is 0 Å². The average Bonchev–Trinajstić information content (AvgIpc) is 2.53. The van der Waals surface area contributed by atoms with E-state index in [1.807, 2.05) is 6.92 Å². The summed E-state index contributed by atoms with van der Waals surface area (Å²) >= 11 is 0. The molecule has 0 unspecified atom stereocenters. The Hall–Kier alpha value is -2.76. The minimum Gasteiger partial charge on any atom is -0.354 e. The van der Waals surface area contributed by atoms with E-state index in [1.165, 1.54) is 13.1 Å². The molecule has 1 aromatic heterocycles.